The van der Waals surface area contributed by atoms with Crippen LogP contribution in [0.2, 0.25) is 0 Å². The second-order valence-corrected chi connectivity index (χ2v) is 7.12. The van der Waals surface area contributed by atoms with Gasteiger partial charge in [0.25, 0.3) is 0 Å². The Morgan fingerprint density at radius 3 is 2.68 bits per heavy atom. The summed E-state index contributed by atoms with van der Waals surface area (Å²) in [5, 5.41) is 5.63. The maximum Gasteiger partial charge on any atom is 0.250 e. The van der Waals surface area contributed by atoms with Crippen LogP contribution >= 0.6 is 11.3 Å². The predicted octanol–water partition coefficient (Wildman–Crippen LogP) is 5.12. The van der Waals surface area contributed by atoms with Gasteiger partial charge in [-0.3, -0.25) is 10.1 Å². The summed E-state index contributed by atoms with van der Waals surface area (Å²) >= 11 is 1.46. The molecule has 0 spiro atoms. The lowest BCUT2D eigenvalue weighted by Gasteiger charge is -2.07. The lowest BCUT2D eigenvalue weighted by atomic mass is 10.1. The molecule has 1 N–H and O–H groups in total. The van der Waals surface area contributed by atoms with Crippen LogP contribution in [0.4, 0.5) is 5.13 Å². The van der Waals surface area contributed by atoms with Crippen molar-refractivity contribution in [3.05, 3.63) is 66.2 Å². The average Bonchev–Trinajstić information content (AvgIpc) is 3.14. The van der Waals surface area contributed by atoms with Gasteiger partial charge in [0.2, 0.25) is 5.91 Å². The summed E-state index contributed by atoms with van der Waals surface area (Å²) in [6, 6.07) is 17.7. The second-order valence-electron chi connectivity index (χ2n) is 6.09. The second kappa shape index (κ2) is 7.70. The van der Waals surface area contributed by atoms with Crippen molar-refractivity contribution in [3.63, 3.8) is 0 Å². The van der Waals surface area contributed by atoms with Gasteiger partial charge in [-0.15, -0.1) is 0 Å². The number of anilines is 1. The van der Waals surface area contributed by atoms with Gasteiger partial charge in [-0.2, -0.15) is 0 Å². The van der Waals surface area contributed by atoms with Crippen LogP contribution in [0.5, 0.6) is 11.5 Å². The number of fused-ring (bicyclic) bond motifs is 3. The first-order valence-electron chi connectivity index (χ1n) is 8.67. The van der Waals surface area contributed by atoms with E-state index in [1.54, 1.807) is 26.4 Å². The number of methoxy groups -OCH3 is 2. The molecule has 0 aliphatic carbocycles. The number of benzene rings is 3. The van der Waals surface area contributed by atoms with E-state index in [1.807, 2.05) is 36.4 Å². The van der Waals surface area contributed by atoms with E-state index in [0.717, 1.165) is 26.6 Å². The summed E-state index contributed by atoms with van der Waals surface area (Å²) in [5.41, 5.74) is 1.74. The number of ether oxygens (including phenoxy) is 2. The number of nitrogens with one attached hydrogen (secondary N) is 1. The Kier molecular flexibility index (Phi) is 4.95. The largest absolute Gasteiger partial charge is 0.493 e. The van der Waals surface area contributed by atoms with Crippen LogP contribution in [0.3, 0.4) is 0 Å². The fourth-order valence-corrected chi connectivity index (χ4v) is 3.88. The molecule has 4 rings (SSSR count). The lowest BCUT2D eigenvalue weighted by molar-refractivity contribution is -0.111. The van der Waals surface area contributed by atoms with Crippen molar-refractivity contribution in [1.29, 1.82) is 0 Å². The molecule has 3 aromatic carbocycles. The third-order valence-electron chi connectivity index (χ3n) is 4.35. The first-order chi connectivity index (χ1) is 13.7. The van der Waals surface area contributed by atoms with E-state index in [1.165, 1.54) is 17.4 Å². The normalized spacial score (nSPS) is 11.2. The highest BCUT2D eigenvalue weighted by atomic mass is 32.1. The third kappa shape index (κ3) is 3.54. The fourth-order valence-electron chi connectivity index (χ4n) is 2.99. The Morgan fingerprint density at radius 2 is 1.86 bits per heavy atom. The first-order valence-corrected chi connectivity index (χ1v) is 9.49. The van der Waals surface area contributed by atoms with Gasteiger partial charge in [-0.1, -0.05) is 47.7 Å². The van der Waals surface area contributed by atoms with Crippen LogP contribution in [0.25, 0.3) is 27.1 Å². The van der Waals surface area contributed by atoms with E-state index < -0.39 is 0 Å². The minimum Gasteiger partial charge on any atom is -0.493 e. The number of nitrogens with zero attached hydrogens (tertiary/aromatic N) is 1. The van der Waals surface area contributed by atoms with E-state index in [2.05, 4.69) is 22.4 Å². The highest BCUT2D eigenvalue weighted by Gasteiger charge is 2.09. The highest BCUT2D eigenvalue weighted by Crippen LogP contribution is 2.32. The summed E-state index contributed by atoms with van der Waals surface area (Å²) < 4.78 is 11.5. The van der Waals surface area contributed by atoms with Gasteiger partial charge < -0.3 is 9.47 Å². The zero-order valence-corrected chi connectivity index (χ0v) is 16.2. The fraction of sp³-hybridized carbons (Fsp3) is 0.0909. The number of aromatic nitrogens is 1. The molecule has 0 bridgehead atoms. The number of carbonyl (C=O) groups is 1. The number of hydrogen-bond acceptors (Lipinski definition) is 5. The number of hydrogen-bond donors (Lipinski definition) is 1. The highest BCUT2D eigenvalue weighted by molar-refractivity contribution is 7.22. The number of carbonyl (C=O) groups excluding carboxylic acids is 1. The Hall–Kier alpha value is -3.38. The van der Waals surface area contributed by atoms with Crippen LogP contribution in [0, 0.1) is 0 Å². The van der Waals surface area contributed by atoms with E-state index in [0.29, 0.717) is 16.6 Å². The molecule has 28 heavy (non-hydrogen) atoms. The standard InChI is InChI=1S/C22H18N2O3S/c1-26-17-10-7-14(13-18(17)27-2)8-12-20(25)23-22-24-21-16-6-4-3-5-15(16)9-11-19(21)28-22/h3-13H,1-2H3,(H,23,24,25). The molecule has 0 aliphatic heterocycles. The van der Waals surface area contributed by atoms with E-state index in [-0.39, 0.29) is 5.91 Å². The summed E-state index contributed by atoms with van der Waals surface area (Å²) in [7, 11) is 3.16. The molecule has 0 fully saturated rings. The Labute approximate surface area is 166 Å². The molecule has 1 aromatic heterocycles. The van der Waals surface area contributed by atoms with Crippen molar-refractivity contribution in [2.75, 3.05) is 19.5 Å². The van der Waals surface area contributed by atoms with Crippen LogP contribution in [0.15, 0.2) is 60.7 Å². The van der Waals surface area contributed by atoms with Crippen molar-refractivity contribution in [1.82, 2.24) is 4.98 Å². The topological polar surface area (TPSA) is 60.5 Å². The van der Waals surface area contributed by atoms with Crippen molar-refractivity contribution >= 4 is 49.4 Å². The van der Waals surface area contributed by atoms with Crippen LogP contribution in [0.1, 0.15) is 5.56 Å². The maximum atomic E-state index is 12.3. The van der Waals surface area contributed by atoms with E-state index >= 15 is 0 Å². The van der Waals surface area contributed by atoms with Crippen molar-refractivity contribution < 1.29 is 14.3 Å². The molecule has 0 saturated heterocycles. The quantitative estimate of drug-likeness (QED) is 0.481. The number of amides is 1. The predicted molar refractivity (Wildman–Crippen MR) is 114 cm³/mol. The van der Waals surface area contributed by atoms with Crippen LogP contribution < -0.4 is 14.8 Å². The first kappa shape index (κ1) is 18.0. The van der Waals surface area contributed by atoms with Gasteiger partial charge in [0.1, 0.15) is 0 Å². The third-order valence-corrected chi connectivity index (χ3v) is 5.28. The Bertz CT molecular complexity index is 1200. The minimum atomic E-state index is -0.238. The molecule has 5 nitrogen and oxygen atoms in total. The molecule has 1 heterocycles. The van der Waals surface area contributed by atoms with Gasteiger partial charge in [0.15, 0.2) is 16.6 Å². The zero-order valence-electron chi connectivity index (χ0n) is 15.4. The lowest BCUT2D eigenvalue weighted by Crippen LogP contribution is -2.07. The van der Waals surface area contributed by atoms with Gasteiger partial charge >= 0.3 is 0 Å². The van der Waals surface area contributed by atoms with Crippen molar-refractivity contribution in [2.24, 2.45) is 0 Å². The number of rotatable bonds is 5. The van der Waals surface area contributed by atoms with Gasteiger partial charge in [-0.05, 0) is 35.2 Å². The summed E-state index contributed by atoms with van der Waals surface area (Å²) in [6.07, 6.45) is 3.20. The molecule has 0 atom stereocenters. The number of thiazole rings is 1. The van der Waals surface area contributed by atoms with Crippen LogP contribution in [-0.2, 0) is 4.79 Å². The SMILES string of the molecule is COc1ccc(C=CC(=O)Nc2nc3c(ccc4ccccc43)s2)cc1OC. The van der Waals surface area contributed by atoms with Gasteiger partial charge in [0.05, 0.1) is 24.4 Å². The van der Waals surface area contributed by atoms with Gasteiger partial charge in [0, 0.05) is 11.5 Å². The molecule has 6 heteroatoms. The minimum absolute atomic E-state index is 0.238. The summed E-state index contributed by atoms with van der Waals surface area (Å²) in [5.74, 6) is 1.02. The van der Waals surface area contributed by atoms with Gasteiger partial charge in [-0.25, -0.2) is 4.98 Å². The molecular formula is C22H18N2O3S. The van der Waals surface area contributed by atoms with Crippen LogP contribution in [-0.4, -0.2) is 25.1 Å². The molecular weight excluding hydrogens is 372 g/mol. The molecule has 0 saturated carbocycles. The summed E-state index contributed by atoms with van der Waals surface area (Å²) in [6.45, 7) is 0. The maximum absolute atomic E-state index is 12.3. The average molecular weight is 390 g/mol. The molecule has 1 amide bonds. The van der Waals surface area contributed by atoms with E-state index in [4.69, 9.17) is 9.47 Å². The molecule has 0 radical (unpaired) electrons. The monoisotopic (exact) mass is 390 g/mol. The van der Waals surface area contributed by atoms with Crippen molar-refractivity contribution in [2.45, 2.75) is 0 Å². The molecule has 140 valence electrons. The molecule has 4 aromatic rings. The zero-order chi connectivity index (χ0) is 19.5. The molecule has 0 aliphatic rings. The smallest absolute Gasteiger partial charge is 0.250 e. The molecule has 0 unspecified atom stereocenters. The van der Waals surface area contributed by atoms with E-state index in [9.17, 15) is 4.79 Å². The van der Waals surface area contributed by atoms with Crippen molar-refractivity contribution in [3.8, 4) is 11.5 Å². The summed E-state index contributed by atoms with van der Waals surface area (Å²) in [4.78, 5) is 16.9. The Balaban J connectivity index is 1.53. The Morgan fingerprint density at radius 1 is 1.04 bits per heavy atom.